The van der Waals surface area contributed by atoms with E-state index in [0.29, 0.717) is 5.56 Å². The zero-order chi connectivity index (χ0) is 11.5. The van der Waals surface area contributed by atoms with E-state index in [1.165, 1.54) is 12.1 Å². The van der Waals surface area contributed by atoms with Gasteiger partial charge in [0, 0.05) is 0 Å². The molecule has 0 unspecified atom stereocenters. The van der Waals surface area contributed by atoms with Gasteiger partial charge >= 0.3 is 6.18 Å². The van der Waals surface area contributed by atoms with Crippen molar-refractivity contribution in [1.82, 2.24) is 0 Å². The highest BCUT2D eigenvalue weighted by Gasteiger charge is 2.33. The zero-order valence-corrected chi connectivity index (χ0v) is 8.01. The van der Waals surface area contributed by atoms with Crippen molar-refractivity contribution < 1.29 is 18.0 Å². The summed E-state index contributed by atoms with van der Waals surface area (Å²) in [6.07, 6.45) is -3.95. The van der Waals surface area contributed by atoms with Crippen molar-refractivity contribution >= 4 is 12.4 Å². The molecule has 1 aromatic rings. The van der Waals surface area contributed by atoms with Gasteiger partial charge in [-0.1, -0.05) is 29.8 Å². The molecule has 0 atom stereocenters. The van der Waals surface area contributed by atoms with Crippen molar-refractivity contribution in [3.8, 4) is 0 Å². The fraction of sp³-hybridized carbons (Fsp3) is 0.182. The summed E-state index contributed by atoms with van der Waals surface area (Å²) in [5.41, 5.74) is 0.137. The summed E-state index contributed by atoms with van der Waals surface area (Å²) in [4.78, 5) is 10.2. The highest BCUT2D eigenvalue weighted by Crippen LogP contribution is 2.25. The van der Waals surface area contributed by atoms with Crippen molar-refractivity contribution in [1.29, 1.82) is 0 Å². The molecule has 1 aromatic carbocycles. The van der Waals surface area contributed by atoms with Crippen LogP contribution in [0.4, 0.5) is 13.2 Å². The Balaban J connectivity index is 3.04. The van der Waals surface area contributed by atoms with Crippen molar-refractivity contribution in [2.75, 3.05) is 0 Å². The van der Waals surface area contributed by atoms with Gasteiger partial charge in [-0.2, -0.15) is 13.2 Å². The van der Waals surface area contributed by atoms with Crippen LogP contribution in [0.15, 0.2) is 29.8 Å². The van der Waals surface area contributed by atoms with E-state index in [0.717, 1.165) is 11.6 Å². The molecule has 0 amide bonds. The van der Waals surface area contributed by atoms with Gasteiger partial charge in [0.15, 0.2) is 6.29 Å². The summed E-state index contributed by atoms with van der Waals surface area (Å²) in [5.74, 6) is 0. The summed E-state index contributed by atoms with van der Waals surface area (Å²) in [7, 11) is 0. The Labute approximate surface area is 85.2 Å². The molecule has 0 radical (unpaired) electrons. The summed E-state index contributed by atoms with van der Waals surface area (Å²) in [6, 6.07) is 6.43. The zero-order valence-electron chi connectivity index (χ0n) is 8.01. The van der Waals surface area contributed by atoms with Gasteiger partial charge in [-0.05, 0) is 18.6 Å². The summed E-state index contributed by atoms with van der Waals surface area (Å²) >= 11 is 0. The molecular formula is C11H9F3O. The number of halogens is 3. The van der Waals surface area contributed by atoms with Crippen LogP contribution in [0.2, 0.25) is 0 Å². The summed E-state index contributed by atoms with van der Waals surface area (Å²) in [6.45, 7) is 1.83. The Morgan fingerprint density at radius 1 is 1.20 bits per heavy atom. The van der Waals surface area contributed by atoms with Crippen LogP contribution in [-0.4, -0.2) is 12.5 Å². The average Bonchev–Trinajstić information content (AvgIpc) is 2.15. The number of carbonyl (C=O) groups is 1. The highest BCUT2D eigenvalue weighted by molar-refractivity contribution is 5.83. The van der Waals surface area contributed by atoms with Gasteiger partial charge in [-0.25, -0.2) is 0 Å². The number of aldehydes is 1. The first-order valence-electron chi connectivity index (χ1n) is 4.24. The fourth-order valence-corrected chi connectivity index (χ4v) is 1.02. The minimum absolute atomic E-state index is 0.181. The van der Waals surface area contributed by atoms with Gasteiger partial charge < -0.3 is 0 Å². The number of benzene rings is 1. The third-order valence-corrected chi connectivity index (χ3v) is 1.85. The van der Waals surface area contributed by atoms with Crippen LogP contribution in [0.3, 0.4) is 0 Å². The predicted molar refractivity (Wildman–Crippen MR) is 51.3 cm³/mol. The van der Waals surface area contributed by atoms with E-state index in [9.17, 15) is 18.0 Å². The number of hydrogen-bond donors (Lipinski definition) is 0. The Morgan fingerprint density at radius 2 is 1.73 bits per heavy atom. The van der Waals surface area contributed by atoms with Gasteiger partial charge in [0.05, 0.1) is 5.57 Å². The quantitative estimate of drug-likeness (QED) is 0.546. The van der Waals surface area contributed by atoms with Gasteiger partial charge in [0.1, 0.15) is 0 Å². The molecule has 1 rings (SSSR count). The van der Waals surface area contributed by atoms with Gasteiger partial charge in [-0.15, -0.1) is 0 Å². The lowest BCUT2D eigenvalue weighted by atomic mass is 10.1. The minimum Gasteiger partial charge on any atom is -0.298 e. The lowest BCUT2D eigenvalue weighted by Crippen LogP contribution is -2.12. The Bertz CT molecular complexity index is 374. The Morgan fingerprint density at radius 3 is 2.13 bits per heavy atom. The molecule has 0 aliphatic heterocycles. The second kappa shape index (κ2) is 4.29. The van der Waals surface area contributed by atoms with E-state index >= 15 is 0 Å². The molecule has 1 nitrogen and oxygen atoms in total. The van der Waals surface area contributed by atoms with Crippen molar-refractivity contribution in [3.63, 3.8) is 0 Å². The Hall–Kier alpha value is -1.58. The molecule has 0 N–H and O–H groups in total. The number of aryl methyl sites for hydroxylation is 1. The molecule has 0 saturated carbocycles. The monoisotopic (exact) mass is 214 g/mol. The predicted octanol–water partition coefficient (Wildman–Crippen LogP) is 3.14. The first-order chi connectivity index (χ1) is 6.93. The van der Waals surface area contributed by atoms with E-state index in [4.69, 9.17) is 0 Å². The number of rotatable bonds is 2. The van der Waals surface area contributed by atoms with Gasteiger partial charge in [0.25, 0.3) is 0 Å². The van der Waals surface area contributed by atoms with Gasteiger partial charge in [-0.3, -0.25) is 4.79 Å². The lowest BCUT2D eigenvalue weighted by molar-refractivity contribution is -0.118. The van der Waals surface area contributed by atoms with E-state index < -0.39 is 11.7 Å². The topological polar surface area (TPSA) is 17.1 Å². The van der Waals surface area contributed by atoms with Crippen LogP contribution >= 0.6 is 0 Å². The summed E-state index contributed by atoms with van der Waals surface area (Å²) in [5, 5.41) is 0. The van der Waals surface area contributed by atoms with Crippen molar-refractivity contribution in [2.24, 2.45) is 0 Å². The van der Waals surface area contributed by atoms with Gasteiger partial charge in [0.2, 0.25) is 0 Å². The van der Waals surface area contributed by atoms with Crippen molar-refractivity contribution in [2.45, 2.75) is 13.1 Å². The maximum Gasteiger partial charge on any atom is 0.419 e. The highest BCUT2D eigenvalue weighted by atomic mass is 19.4. The van der Waals surface area contributed by atoms with Crippen LogP contribution in [0.5, 0.6) is 0 Å². The van der Waals surface area contributed by atoms with E-state index in [2.05, 4.69) is 0 Å². The van der Waals surface area contributed by atoms with Crippen LogP contribution in [-0.2, 0) is 4.79 Å². The number of alkyl halides is 3. The lowest BCUT2D eigenvalue weighted by Gasteiger charge is -2.04. The van der Waals surface area contributed by atoms with Crippen LogP contribution in [0, 0.1) is 6.92 Å². The average molecular weight is 214 g/mol. The molecule has 0 bridgehead atoms. The Kier molecular flexibility index (Phi) is 3.29. The first kappa shape index (κ1) is 11.5. The second-order valence-corrected chi connectivity index (χ2v) is 3.13. The maximum absolute atomic E-state index is 12.2. The molecule has 0 fully saturated rings. The van der Waals surface area contributed by atoms with E-state index in [1.54, 1.807) is 12.1 Å². The third kappa shape index (κ3) is 3.23. The number of allylic oxidation sites excluding steroid dienone is 1. The molecule has 0 aromatic heterocycles. The van der Waals surface area contributed by atoms with Crippen LogP contribution < -0.4 is 0 Å². The second-order valence-electron chi connectivity index (χ2n) is 3.13. The van der Waals surface area contributed by atoms with E-state index in [1.807, 2.05) is 6.92 Å². The molecule has 15 heavy (non-hydrogen) atoms. The SMILES string of the molecule is Cc1ccc(/C=C(\C=O)C(F)(F)F)cc1. The number of hydrogen-bond acceptors (Lipinski definition) is 1. The number of carbonyl (C=O) groups excluding carboxylic acids is 1. The maximum atomic E-state index is 12.2. The first-order valence-corrected chi connectivity index (χ1v) is 4.24. The van der Waals surface area contributed by atoms with Crippen LogP contribution in [0.25, 0.3) is 6.08 Å². The third-order valence-electron chi connectivity index (χ3n) is 1.85. The summed E-state index contributed by atoms with van der Waals surface area (Å²) < 4.78 is 36.6. The molecule has 4 heteroatoms. The fourth-order valence-electron chi connectivity index (χ4n) is 1.02. The molecule has 0 aliphatic carbocycles. The molecule has 0 heterocycles. The normalized spacial score (nSPS) is 12.7. The van der Waals surface area contributed by atoms with Crippen molar-refractivity contribution in [3.05, 3.63) is 41.0 Å². The molecule has 0 aliphatic rings. The molecule has 0 spiro atoms. The molecular weight excluding hydrogens is 205 g/mol. The van der Waals surface area contributed by atoms with Crippen LogP contribution in [0.1, 0.15) is 11.1 Å². The standard InChI is InChI=1S/C11H9F3O/c1-8-2-4-9(5-3-8)6-10(7-15)11(12,13)14/h2-7H,1H3/b10-6+. The molecule has 80 valence electrons. The molecule has 0 saturated heterocycles. The minimum atomic E-state index is -4.59. The van der Waals surface area contributed by atoms with E-state index in [-0.39, 0.29) is 6.29 Å². The largest absolute Gasteiger partial charge is 0.419 e. The smallest absolute Gasteiger partial charge is 0.298 e.